The topological polar surface area (TPSA) is 42.0 Å². The van der Waals surface area contributed by atoms with E-state index in [-0.39, 0.29) is 5.56 Å². The molecule has 0 saturated heterocycles. The van der Waals surface area contributed by atoms with Crippen LogP contribution in [0, 0.1) is 12.7 Å². The lowest BCUT2D eigenvalue weighted by molar-refractivity contribution is 0.0946. The van der Waals surface area contributed by atoms with Crippen molar-refractivity contribution in [3.8, 4) is 0 Å². The summed E-state index contributed by atoms with van der Waals surface area (Å²) in [5, 5.41) is 5.35. The average Bonchev–Trinajstić information content (AvgIpc) is 2.72. The average molecular weight is 329 g/mol. The lowest BCUT2D eigenvalue weighted by Gasteiger charge is -2.06. The highest BCUT2D eigenvalue weighted by molar-refractivity contribution is 9.10. The number of aromatic nitrogens is 1. The third-order valence-corrected chi connectivity index (χ3v) is 3.88. The van der Waals surface area contributed by atoms with Gasteiger partial charge in [0.1, 0.15) is 10.8 Å². The second-order valence-electron chi connectivity index (χ2n) is 3.66. The summed E-state index contributed by atoms with van der Waals surface area (Å²) in [7, 11) is 0. The van der Waals surface area contributed by atoms with E-state index in [4.69, 9.17) is 0 Å². The van der Waals surface area contributed by atoms with Crippen LogP contribution in [0.3, 0.4) is 0 Å². The zero-order valence-corrected chi connectivity index (χ0v) is 11.9. The number of thiazole rings is 1. The van der Waals surface area contributed by atoms with Gasteiger partial charge in [0.15, 0.2) is 0 Å². The van der Waals surface area contributed by atoms with Gasteiger partial charge in [-0.15, -0.1) is 11.3 Å². The molecule has 0 bridgehead atoms. The minimum atomic E-state index is -0.544. The highest BCUT2D eigenvalue weighted by Gasteiger charge is 2.15. The van der Waals surface area contributed by atoms with Crippen molar-refractivity contribution in [3.05, 3.63) is 50.1 Å². The largest absolute Gasteiger partial charge is 0.345 e. The first kappa shape index (κ1) is 13.2. The zero-order valence-electron chi connectivity index (χ0n) is 9.54. The van der Waals surface area contributed by atoms with Crippen molar-refractivity contribution in [1.29, 1.82) is 0 Å². The molecule has 0 saturated carbocycles. The molecule has 0 atom stereocenters. The summed E-state index contributed by atoms with van der Waals surface area (Å²) in [4.78, 5) is 16.1. The quantitative estimate of drug-likeness (QED) is 0.939. The van der Waals surface area contributed by atoms with Crippen LogP contribution in [0.15, 0.2) is 28.1 Å². The number of aryl methyl sites for hydroxylation is 1. The third-order valence-electron chi connectivity index (χ3n) is 2.26. The van der Waals surface area contributed by atoms with Crippen molar-refractivity contribution in [2.75, 3.05) is 0 Å². The van der Waals surface area contributed by atoms with Gasteiger partial charge in [-0.25, -0.2) is 9.37 Å². The zero-order chi connectivity index (χ0) is 13.1. The van der Waals surface area contributed by atoms with Crippen molar-refractivity contribution in [2.45, 2.75) is 13.5 Å². The van der Waals surface area contributed by atoms with Gasteiger partial charge in [0.05, 0.1) is 12.1 Å². The van der Waals surface area contributed by atoms with E-state index >= 15 is 0 Å². The van der Waals surface area contributed by atoms with Gasteiger partial charge in [0.2, 0.25) is 0 Å². The normalized spacial score (nSPS) is 10.4. The molecule has 0 aliphatic heterocycles. The molecule has 1 heterocycles. The summed E-state index contributed by atoms with van der Waals surface area (Å²) in [5.41, 5.74) is 0.932. The van der Waals surface area contributed by atoms with Gasteiger partial charge in [0.25, 0.3) is 5.91 Å². The lowest BCUT2D eigenvalue weighted by atomic mass is 10.2. The molecule has 1 amide bonds. The van der Waals surface area contributed by atoms with Gasteiger partial charge in [-0.3, -0.25) is 4.79 Å². The second-order valence-corrected chi connectivity index (χ2v) is 5.46. The molecule has 0 spiro atoms. The molecule has 1 N–H and O–H groups in total. The molecule has 18 heavy (non-hydrogen) atoms. The molecular weight excluding hydrogens is 319 g/mol. The standard InChI is InChI=1S/C12H10BrFN2OS/c1-7-6-18-10(16-7)5-15-12(17)11-8(13)3-2-4-9(11)14/h2-4,6H,5H2,1H3,(H,15,17). The first-order valence-corrected chi connectivity index (χ1v) is 6.88. The molecule has 3 nitrogen and oxygen atoms in total. The van der Waals surface area contributed by atoms with Crippen molar-refractivity contribution in [3.63, 3.8) is 0 Å². The first-order valence-electron chi connectivity index (χ1n) is 5.21. The molecule has 1 aromatic heterocycles. The number of nitrogens with zero attached hydrogens (tertiary/aromatic N) is 1. The monoisotopic (exact) mass is 328 g/mol. The highest BCUT2D eigenvalue weighted by Crippen LogP contribution is 2.19. The van der Waals surface area contributed by atoms with Gasteiger partial charge >= 0.3 is 0 Å². The van der Waals surface area contributed by atoms with Crippen LogP contribution >= 0.6 is 27.3 Å². The van der Waals surface area contributed by atoms with Crippen LogP contribution in [0.4, 0.5) is 4.39 Å². The Morgan fingerprint density at radius 3 is 2.94 bits per heavy atom. The van der Waals surface area contributed by atoms with Gasteiger partial charge < -0.3 is 5.32 Å². The summed E-state index contributed by atoms with van der Waals surface area (Å²) < 4.78 is 14.0. The van der Waals surface area contributed by atoms with Crippen LogP contribution in [0.2, 0.25) is 0 Å². The summed E-state index contributed by atoms with van der Waals surface area (Å²) in [6.07, 6.45) is 0. The Hall–Kier alpha value is -1.27. The third kappa shape index (κ3) is 2.94. The number of carbonyl (C=O) groups excluding carboxylic acids is 1. The van der Waals surface area contributed by atoms with E-state index in [0.29, 0.717) is 11.0 Å². The van der Waals surface area contributed by atoms with Gasteiger partial charge in [-0.1, -0.05) is 6.07 Å². The second kappa shape index (κ2) is 5.58. The predicted molar refractivity (Wildman–Crippen MR) is 72.1 cm³/mol. The maximum atomic E-state index is 13.5. The number of carbonyl (C=O) groups is 1. The molecule has 6 heteroatoms. The first-order chi connectivity index (χ1) is 8.58. The number of hydrogen-bond acceptors (Lipinski definition) is 3. The summed E-state index contributed by atoms with van der Waals surface area (Å²) in [6.45, 7) is 2.19. The van der Waals surface area contributed by atoms with E-state index in [1.54, 1.807) is 12.1 Å². The fourth-order valence-electron chi connectivity index (χ4n) is 1.44. The fourth-order valence-corrected chi connectivity index (χ4v) is 2.68. The van der Waals surface area contributed by atoms with Crippen LogP contribution in [-0.2, 0) is 6.54 Å². The Kier molecular flexibility index (Phi) is 4.08. The smallest absolute Gasteiger partial charge is 0.255 e. The number of benzene rings is 1. The van der Waals surface area contributed by atoms with Crippen LogP contribution in [-0.4, -0.2) is 10.9 Å². The van der Waals surface area contributed by atoms with Crippen molar-refractivity contribution >= 4 is 33.2 Å². The van der Waals surface area contributed by atoms with E-state index in [0.717, 1.165) is 10.7 Å². The summed E-state index contributed by atoms with van der Waals surface area (Å²) in [5.74, 6) is -0.995. The van der Waals surface area contributed by atoms with Crippen LogP contribution in [0.5, 0.6) is 0 Å². The van der Waals surface area contributed by atoms with Crippen LogP contribution in [0.1, 0.15) is 21.1 Å². The molecular formula is C12H10BrFN2OS. The molecule has 0 aliphatic rings. The number of halogens is 2. The van der Waals surface area contributed by atoms with Crippen LogP contribution < -0.4 is 5.32 Å². The Balaban J connectivity index is 2.08. The highest BCUT2D eigenvalue weighted by atomic mass is 79.9. The van der Waals surface area contributed by atoms with Gasteiger partial charge in [-0.05, 0) is 35.0 Å². The fraction of sp³-hybridized carbons (Fsp3) is 0.167. The molecule has 2 rings (SSSR count). The molecule has 2 aromatic rings. The Bertz CT molecular complexity index is 565. The van der Waals surface area contributed by atoms with Crippen molar-refractivity contribution < 1.29 is 9.18 Å². The van der Waals surface area contributed by atoms with E-state index < -0.39 is 11.7 Å². The van der Waals surface area contributed by atoms with E-state index in [2.05, 4.69) is 26.2 Å². The Morgan fingerprint density at radius 1 is 1.56 bits per heavy atom. The van der Waals surface area contributed by atoms with E-state index in [1.807, 2.05) is 12.3 Å². The molecule has 0 unspecified atom stereocenters. The van der Waals surface area contributed by atoms with Crippen molar-refractivity contribution in [1.82, 2.24) is 10.3 Å². The van der Waals surface area contributed by atoms with E-state index in [9.17, 15) is 9.18 Å². The predicted octanol–water partition coefficient (Wildman–Crippen LogP) is 3.28. The minimum absolute atomic E-state index is 0.0192. The number of rotatable bonds is 3. The molecule has 1 aromatic carbocycles. The van der Waals surface area contributed by atoms with Crippen molar-refractivity contribution in [2.24, 2.45) is 0 Å². The maximum Gasteiger partial charge on any atom is 0.255 e. The Morgan fingerprint density at radius 2 is 2.33 bits per heavy atom. The SMILES string of the molecule is Cc1csc(CNC(=O)c2c(F)cccc2Br)n1. The number of hydrogen-bond donors (Lipinski definition) is 1. The molecule has 94 valence electrons. The molecule has 0 aliphatic carbocycles. The summed E-state index contributed by atoms with van der Waals surface area (Å²) >= 11 is 4.63. The summed E-state index contributed by atoms with van der Waals surface area (Å²) in [6, 6.07) is 4.43. The van der Waals surface area contributed by atoms with Gasteiger partial charge in [0, 0.05) is 15.5 Å². The Labute approximate surface area is 116 Å². The maximum absolute atomic E-state index is 13.5. The minimum Gasteiger partial charge on any atom is -0.345 e. The van der Waals surface area contributed by atoms with E-state index in [1.165, 1.54) is 17.4 Å². The van der Waals surface area contributed by atoms with Gasteiger partial charge in [-0.2, -0.15) is 0 Å². The number of nitrogens with one attached hydrogen (secondary N) is 1. The number of amides is 1. The van der Waals surface area contributed by atoms with Crippen LogP contribution in [0.25, 0.3) is 0 Å². The lowest BCUT2D eigenvalue weighted by Crippen LogP contribution is -2.24. The molecule has 0 radical (unpaired) electrons. The molecule has 0 fully saturated rings.